The quantitative estimate of drug-likeness (QED) is 0.865. The lowest BCUT2D eigenvalue weighted by molar-refractivity contribution is 0.468. The monoisotopic (exact) mass is 233 g/mol. The van der Waals surface area contributed by atoms with Crippen molar-refractivity contribution in [2.75, 3.05) is 0 Å². The third-order valence-electron chi connectivity index (χ3n) is 2.97. The molecule has 0 bridgehead atoms. The highest BCUT2D eigenvalue weighted by Gasteiger charge is 2.30. The summed E-state index contributed by atoms with van der Waals surface area (Å²) in [6.45, 7) is 1.79. The van der Waals surface area contributed by atoms with Crippen LogP contribution in [0.25, 0.3) is 5.69 Å². The van der Waals surface area contributed by atoms with E-state index >= 15 is 0 Å². The number of hydrogen-bond donors (Lipinski definition) is 1. The lowest BCUT2D eigenvalue weighted by Crippen LogP contribution is -2.03. The van der Waals surface area contributed by atoms with Crippen molar-refractivity contribution in [2.45, 2.75) is 25.7 Å². The summed E-state index contributed by atoms with van der Waals surface area (Å²) in [6, 6.07) is 3.88. The van der Waals surface area contributed by atoms with Gasteiger partial charge in [-0.25, -0.2) is 4.39 Å². The minimum Gasteiger partial charge on any atom is -0.506 e. The lowest BCUT2D eigenvalue weighted by Gasteiger charge is -2.10. The summed E-state index contributed by atoms with van der Waals surface area (Å²) in [5, 5.41) is 17.9. The Morgan fingerprint density at radius 2 is 2.12 bits per heavy atom. The molecule has 4 nitrogen and oxygen atoms in total. The SMILES string of the molecule is Cc1nnc(C2CC2)n1-c1cc(F)ccc1O. The molecular formula is C12H12FN3O. The van der Waals surface area contributed by atoms with E-state index in [0.717, 1.165) is 18.7 Å². The van der Waals surface area contributed by atoms with Gasteiger partial charge in [-0.2, -0.15) is 0 Å². The fourth-order valence-electron chi connectivity index (χ4n) is 1.96. The largest absolute Gasteiger partial charge is 0.506 e. The molecule has 0 amide bonds. The summed E-state index contributed by atoms with van der Waals surface area (Å²) in [4.78, 5) is 0. The molecule has 0 unspecified atom stereocenters. The van der Waals surface area contributed by atoms with Crippen LogP contribution in [0.15, 0.2) is 18.2 Å². The summed E-state index contributed by atoms with van der Waals surface area (Å²) >= 11 is 0. The molecule has 1 fully saturated rings. The van der Waals surface area contributed by atoms with Crippen LogP contribution in [0.3, 0.4) is 0 Å². The van der Waals surface area contributed by atoms with Gasteiger partial charge in [-0.15, -0.1) is 10.2 Å². The molecule has 1 aromatic carbocycles. The Morgan fingerprint density at radius 1 is 1.35 bits per heavy atom. The van der Waals surface area contributed by atoms with Gasteiger partial charge in [0.25, 0.3) is 0 Å². The van der Waals surface area contributed by atoms with Gasteiger partial charge in [0.1, 0.15) is 23.2 Å². The van der Waals surface area contributed by atoms with Gasteiger partial charge in [0.2, 0.25) is 0 Å². The van der Waals surface area contributed by atoms with E-state index in [4.69, 9.17) is 0 Å². The Kier molecular flexibility index (Phi) is 2.14. The average Bonchev–Trinajstić information content (AvgIpc) is 3.07. The number of halogens is 1. The standard InChI is InChI=1S/C12H12FN3O/c1-7-14-15-12(8-2-3-8)16(7)10-6-9(13)4-5-11(10)17/h4-6,8,17H,2-3H2,1H3. The van der Waals surface area contributed by atoms with Crippen LogP contribution in [0.2, 0.25) is 0 Å². The number of nitrogens with zero attached hydrogens (tertiary/aromatic N) is 3. The number of phenols is 1. The second-order valence-electron chi connectivity index (χ2n) is 4.35. The van der Waals surface area contributed by atoms with E-state index in [1.54, 1.807) is 11.5 Å². The minimum absolute atomic E-state index is 0.0381. The van der Waals surface area contributed by atoms with E-state index in [-0.39, 0.29) is 11.6 Å². The predicted molar refractivity (Wildman–Crippen MR) is 59.7 cm³/mol. The maximum absolute atomic E-state index is 13.3. The van der Waals surface area contributed by atoms with Gasteiger partial charge in [0.15, 0.2) is 0 Å². The second-order valence-corrected chi connectivity index (χ2v) is 4.35. The average molecular weight is 233 g/mol. The molecule has 0 radical (unpaired) electrons. The first-order chi connectivity index (χ1) is 8.16. The molecule has 1 aliphatic rings. The zero-order valence-electron chi connectivity index (χ0n) is 9.39. The molecule has 1 heterocycles. The number of aryl methyl sites for hydroxylation is 1. The molecule has 0 atom stereocenters. The summed E-state index contributed by atoms with van der Waals surface area (Å²) in [5.74, 6) is 1.51. The molecule has 17 heavy (non-hydrogen) atoms. The van der Waals surface area contributed by atoms with Crippen LogP contribution in [-0.2, 0) is 0 Å². The third-order valence-corrected chi connectivity index (χ3v) is 2.97. The molecule has 1 N–H and O–H groups in total. The summed E-state index contributed by atoms with van der Waals surface area (Å²) in [6.07, 6.45) is 2.16. The maximum atomic E-state index is 13.3. The zero-order chi connectivity index (χ0) is 12.0. The first-order valence-corrected chi connectivity index (χ1v) is 5.57. The smallest absolute Gasteiger partial charge is 0.140 e. The van der Waals surface area contributed by atoms with Gasteiger partial charge in [-0.3, -0.25) is 4.57 Å². The normalized spacial score (nSPS) is 15.2. The fraction of sp³-hybridized carbons (Fsp3) is 0.333. The van der Waals surface area contributed by atoms with E-state index in [1.165, 1.54) is 18.2 Å². The van der Waals surface area contributed by atoms with E-state index < -0.39 is 0 Å². The van der Waals surface area contributed by atoms with Gasteiger partial charge in [-0.1, -0.05) is 0 Å². The first kappa shape index (κ1) is 10.3. The summed E-state index contributed by atoms with van der Waals surface area (Å²) < 4.78 is 15.0. The first-order valence-electron chi connectivity index (χ1n) is 5.57. The highest BCUT2D eigenvalue weighted by Crippen LogP contribution is 2.40. The van der Waals surface area contributed by atoms with E-state index in [2.05, 4.69) is 10.2 Å². The van der Waals surface area contributed by atoms with Gasteiger partial charge >= 0.3 is 0 Å². The third kappa shape index (κ3) is 1.67. The van der Waals surface area contributed by atoms with Gasteiger partial charge < -0.3 is 5.11 Å². The molecule has 5 heteroatoms. The number of rotatable bonds is 2. The lowest BCUT2D eigenvalue weighted by atomic mass is 10.2. The molecule has 1 saturated carbocycles. The van der Waals surface area contributed by atoms with Gasteiger partial charge in [0.05, 0.1) is 5.69 Å². The van der Waals surface area contributed by atoms with Crippen LogP contribution in [0.5, 0.6) is 5.75 Å². The zero-order valence-corrected chi connectivity index (χ0v) is 9.39. The number of benzene rings is 1. The van der Waals surface area contributed by atoms with Crippen molar-refractivity contribution in [1.29, 1.82) is 0 Å². The van der Waals surface area contributed by atoms with E-state index in [1.807, 2.05) is 0 Å². The summed E-state index contributed by atoms with van der Waals surface area (Å²) in [5.41, 5.74) is 0.411. The van der Waals surface area contributed by atoms with Crippen LogP contribution in [0.1, 0.15) is 30.4 Å². The van der Waals surface area contributed by atoms with Crippen molar-refractivity contribution in [3.8, 4) is 11.4 Å². The van der Waals surface area contributed by atoms with E-state index in [0.29, 0.717) is 17.4 Å². The minimum atomic E-state index is -0.382. The highest BCUT2D eigenvalue weighted by molar-refractivity contribution is 5.47. The Morgan fingerprint density at radius 3 is 2.82 bits per heavy atom. The number of hydrogen-bond acceptors (Lipinski definition) is 3. The molecule has 1 aliphatic carbocycles. The van der Waals surface area contributed by atoms with Crippen molar-refractivity contribution in [1.82, 2.24) is 14.8 Å². The molecule has 0 saturated heterocycles. The highest BCUT2D eigenvalue weighted by atomic mass is 19.1. The van der Waals surface area contributed by atoms with Crippen LogP contribution >= 0.6 is 0 Å². The van der Waals surface area contributed by atoms with Crippen molar-refractivity contribution in [3.63, 3.8) is 0 Å². The van der Waals surface area contributed by atoms with Crippen molar-refractivity contribution >= 4 is 0 Å². The van der Waals surface area contributed by atoms with Crippen molar-refractivity contribution < 1.29 is 9.50 Å². The van der Waals surface area contributed by atoms with Crippen LogP contribution < -0.4 is 0 Å². The fourth-order valence-corrected chi connectivity index (χ4v) is 1.96. The van der Waals surface area contributed by atoms with Crippen LogP contribution in [0, 0.1) is 12.7 Å². The van der Waals surface area contributed by atoms with Gasteiger partial charge in [0, 0.05) is 12.0 Å². The Labute approximate surface area is 97.7 Å². The number of aromatic hydroxyl groups is 1. The Bertz CT molecular complexity index is 575. The second kappa shape index (κ2) is 3.55. The molecule has 0 aliphatic heterocycles. The topological polar surface area (TPSA) is 50.9 Å². The summed E-state index contributed by atoms with van der Waals surface area (Å²) in [7, 11) is 0. The molecule has 3 rings (SSSR count). The molecule has 88 valence electrons. The molecule has 1 aromatic heterocycles. The van der Waals surface area contributed by atoms with Crippen LogP contribution in [-0.4, -0.2) is 19.9 Å². The van der Waals surface area contributed by atoms with Crippen molar-refractivity contribution in [3.05, 3.63) is 35.7 Å². The number of phenolic OH excluding ortho intramolecular Hbond substituents is 1. The Hall–Kier alpha value is -1.91. The van der Waals surface area contributed by atoms with Crippen molar-refractivity contribution in [2.24, 2.45) is 0 Å². The van der Waals surface area contributed by atoms with E-state index in [9.17, 15) is 9.50 Å². The van der Waals surface area contributed by atoms with Gasteiger partial charge in [-0.05, 0) is 31.9 Å². The van der Waals surface area contributed by atoms with Crippen LogP contribution in [0.4, 0.5) is 4.39 Å². The molecule has 0 spiro atoms. The molecular weight excluding hydrogens is 221 g/mol. The molecule has 2 aromatic rings. The number of aromatic nitrogens is 3. The Balaban J connectivity index is 2.19. The predicted octanol–water partition coefficient (Wildman–Crippen LogP) is 2.30. The maximum Gasteiger partial charge on any atom is 0.140 e.